The molecule has 0 radical (unpaired) electrons. The van der Waals surface area contributed by atoms with Gasteiger partial charge in [-0.1, -0.05) is 17.7 Å². The van der Waals surface area contributed by atoms with Gasteiger partial charge in [0.2, 0.25) is 0 Å². The highest BCUT2D eigenvalue weighted by Crippen LogP contribution is 2.31. The summed E-state index contributed by atoms with van der Waals surface area (Å²) in [7, 11) is -3.05. The van der Waals surface area contributed by atoms with Crippen LogP contribution < -0.4 is 9.46 Å². The molecule has 2 aromatic rings. The number of nitrogens with one attached hydrogen (secondary N) is 1. The van der Waals surface area contributed by atoms with Gasteiger partial charge in [0.25, 0.3) is 15.9 Å². The van der Waals surface area contributed by atoms with Gasteiger partial charge in [-0.3, -0.25) is 9.79 Å². The summed E-state index contributed by atoms with van der Waals surface area (Å²) in [5.74, 6) is -1.78. The number of nitrogens with zero attached hydrogens (tertiary/aromatic N) is 1. The molecule has 0 bridgehead atoms. The van der Waals surface area contributed by atoms with Gasteiger partial charge in [-0.2, -0.15) is 13.2 Å². The zero-order chi connectivity index (χ0) is 25.4. The second-order valence-corrected chi connectivity index (χ2v) is 8.39. The van der Waals surface area contributed by atoms with Crippen LogP contribution in [-0.4, -0.2) is 27.6 Å². The highest BCUT2D eigenvalue weighted by Gasteiger charge is 2.30. The van der Waals surface area contributed by atoms with Crippen molar-refractivity contribution in [2.45, 2.75) is 31.8 Å². The molecule has 0 saturated carbocycles. The van der Waals surface area contributed by atoms with Crippen LogP contribution in [0.3, 0.4) is 0 Å². The van der Waals surface area contributed by atoms with Gasteiger partial charge in [0.15, 0.2) is 0 Å². The van der Waals surface area contributed by atoms with E-state index in [2.05, 4.69) is 4.99 Å². The molecule has 180 valence electrons. The number of methoxy groups -OCH3 is 1. The van der Waals surface area contributed by atoms with Crippen LogP contribution in [0.15, 0.2) is 58.1 Å². The lowest BCUT2D eigenvalue weighted by molar-refractivity contribution is -0.137. The first-order valence-corrected chi connectivity index (χ1v) is 11.0. The molecule has 6 nitrogen and oxygen atoms in total. The lowest BCUT2D eigenvalue weighted by atomic mass is 10.1. The highest BCUT2D eigenvalue weighted by atomic mass is 35.5. The number of aryl methyl sites for hydroxylation is 1. The maximum absolute atomic E-state index is 13.7. The molecule has 0 aromatic heterocycles. The van der Waals surface area contributed by atoms with E-state index in [1.807, 2.05) is 0 Å². The van der Waals surface area contributed by atoms with Gasteiger partial charge in [0, 0.05) is 17.3 Å². The molecular formula is C21H21ClF4N2O4S. The molecule has 2 aromatic carbocycles. The van der Waals surface area contributed by atoms with E-state index in [-0.39, 0.29) is 16.5 Å². The zero-order valence-electron chi connectivity index (χ0n) is 18.0. The van der Waals surface area contributed by atoms with Gasteiger partial charge in [0.1, 0.15) is 22.2 Å². The quantitative estimate of drug-likeness (QED) is 0.337. The lowest BCUT2D eigenvalue weighted by Crippen LogP contribution is -2.32. The normalized spacial score (nSPS) is 12.2. The van der Waals surface area contributed by atoms with E-state index in [0.29, 0.717) is 5.56 Å². The second kappa shape index (κ2) is 11.8. The maximum Gasteiger partial charge on any atom is 0.416 e. The Balaban J connectivity index is 0.000000383. The van der Waals surface area contributed by atoms with E-state index >= 15 is 0 Å². The number of carbonyl (C=O) groups is 1. The van der Waals surface area contributed by atoms with Crippen LogP contribution in [0.5, 0.6) is 5.75 Å². The Morgan fingerprint density at radius 3 is 2.27 bits per heavy atom. The van der Waals surface area contributed by atoms with Crippen molar-refractivity contribution in [3.8, 4) is 5.75 Å². The summed E-state index contributed by atoms with van der Waals surface area (Å²) in [6, 6.07) is 6.66. The molecule has 0 heterocycles. The van der Waals surface area contributed by atoms with Crippen molar-refractivity contribution in [3.63, 3.8) is 0 Å². The number of ether oxygens (including phenoxy) is 1. The summed E-state index contributed by atoms with van der Waals surface area (Å²) in [5.41, 5.74) is -0.285. The number of halogens is 5. The molecule has 2 rings (SSSR count). The summed E-state index contributed by atoms with van der Waals surface area (Å²) in [6.07, 6.45) is -1.63. The molecule has 0 aliphatic heterocycles. The summed E-state index contributed by atoms with van der Waals surface area (Å²) < 4.78 is 80.6. The van der Waals surface area contributed by atoms with E-state index < -0.39 is 38.4 Å². The predicted molar refractivity (Wildman–Crippen MR) is 117 cm³/mol. The van der Waals surface area contributed by atoms with E-state index in [4.69, 9.17) is 16.3 Å². The van der Waals surface area contributed by atoms with Crippen LogP contribution in [0.1, 0.15) is 25.0 Å². The minimum atomic E-state index is -4.37. The van der Waals surface area contributed by atoms with Gasteiger partial charge in [0.05, 0.1) is 12.7 Å². The van der Waals surface area contributed by atoms with Crippen molar-refractivity contribution in [3.05, 3.63) is 70.1 Å². The summed E-state index contributed by atoms with van der Waals surface area (Å²) in [5, 5.41) is 0.113. The average Bonchev–Trinajstić information content (AvgIpc) is 2.71. The van der Waals surface area contributed by atoms with Crippen molar-refractivity contribution >= 4 is 33.7 Å². The maximum atomic E-state index is 13.7. The molecule has 0 saturated heterocycles. The Hall–Kier alpha value is -2.92. The van der Waals surface area contributed by atoms with Gasteiger partial charge < -0.3 is 4.74 Å². The minimum absolute atomic E-state index is 0.0932. The zero-order valence-corrected chi connectivity index (χ0v) is 19.6. The Kier molecular flexibility index (Phi) is 10.1. The number of benzene rings is 2. The fourth-order valence-corrected chi connectivity index (χ4v) is 3.69. The molecule has 0 aliphatic rings. The first kappa shape index (κ1) is 28.1. The fraction of sp³-hybridized carbons (Fsp3) is 0.238. The molecule has 0 atom stereocenters. The summed E-state index contributed by atoms with van der Waals surface area (Å²) in [4.78, 5) is 14.8. The Bertz CT molecular complexity index is 1140. The van der Waals surface area contributed by atoms with Crippen LogP contribution in [0, 0.1) is 12.7 Å². The van der Waals surface area contributed by atoms with Gasteiger partial charge in [-0.25, -0.2) is 17.5 Å². The van der Waals surface area contributed by atoms with Crippen molar-refractivity contribution in [2.24, 2.45) is 4.99 Å². The molecule has 0 fully saturated rings. The van der Waals surface area contributed by atoms with E-state index in [1.54, 1.807) is 18.6 Å². The molecule has 1 amide bonds. The average molecular weight is 509 g/mol. The molecule has 0 aliphatic carbocycles. The summed E-state index contributed by atoms with van der Waals surface area (Å²) >= 11 is 5.46. The molecular weight excluding hydrogens is 488 g/mol. The third-order valence-electron chi connectivity index (χ3n) is 3.80. The number of carbonyl (C=O) groups excluding carboxylic acids is 1. The van der Waals surface area contributed by atoms with Gasteiger partial charge in [-0.05, 0) is 56.7 Å². The number of hydrogen-bond donors (Lipinski definition) is 1. The third kappa shape index (κ3) is 8.50. The first-order chi connectivity index (χ1) is 15.2. The van der Waals surface area contributed by atoms with Crippen LogP contribution >= 0.6 is 11.6 Å². The van der Waals surface area contributed by atoms with E-state index in [1.165, 1.54) is 38.5 Å². The van der Waals surface area contributed by atoms with Gasteiger partial charge >= 0.3 is 6.18 Å². The number of alkyl halides is 3. The topological polar surface area (TPSA) is 84.8 Å². The number of rotatable bonds is 5. The smallest absolute Gasteiger partial charge is 0.416 e. The van der Waals surface area contributed by atoms with Crippen molar-refractivity contribution in [1.82, 2.24) is 4.72 Å². The number of amides is 1. The van der Waals surface area contributed by atoms with Crippen LogP contribution in [0.2, 0.25) is 5.02 Å². The second-order valence-electron chi connectivity index (χ2n) is 6.31. The Labute approximate surface area is 194 Å². The van der Waals surface area contributed by atoms with Crippen molar-refractivity contribution < 1.29 is 35.5 Å². The predicted octanol–water partition coefficient (Wildman–Crippen LogP) is 5.30. The molecule has 33 heavy (non-hydrogen) atoms. The monoisotopic (exact) mass is 508 g/mol. The standard InChI is InChI=1S/C13H15FN2O4S.C8H6ClF3/c1-4-11(15-5-2)13(17)16-21(18,19)12-8-9(20-3)6-7-10(12)14;1-5-2-6(8(10,11)12)4-7(9)3-5/h4-8H,1-3H3,(H,16,17);2-4H,1H3/b11-4-,15-5?;. The van der Waals surface area contributed by atoms with Crippen LogP contribution in [0.4, 0.5) is 17.6 Å². The SMILES string of the molecule is CC=N/C(=C\C)C(=O)NS(=O)(=O)c1cc(OC)ccc1F.Cc1cc(Cl)cc(C(F)(F)F)c1. The number of sulfonamides is 1. The highest BCUT2D eigenvalue weighted by molar-refractivity contribution is 7.90. The number of hydrogen-bond acceptors (Lipinski definition) is 5. The summed E-state index contributed by atoms with van der Waals surface area (Å²) in [6.45, 7) is 4.68. The lowest BCUT2D eigenvalue weighted by Gasteiger charge is -2.09. The molecule has 1 N–H and O–H groups in total. The number of aliphatic imine (C=N–C) groups is 1. The van der Waals surface area contributed by atoms with Gasteiger partial charge in [-0.15, -0.1) is 0 Å². The molecule has 0 spiro atoms. The van der Waals surface area contributed by atoms with Crippen molar-refractivity contribution in [1.29, 1.82) is 0 Å². The minimum Gasteiger partial charge on any atom is -0.497 e. The Morgan fingerprint density at radius 2 is 1.79 bits per heavy atom. The van der Waals surface area contributed by atoms with Crippen LogP contribution in [0.25, 0.3) is 0 Å². The first-order valence-electron chi connectivity index (χ1n) is 9.15. The van der Waals surface area contributed by atoms with Crippen molar-refractivity contribution in [2.75, 3.05) is 7.11 Å². The number of allylic oxidation sites excluding steroid dienone is 1. The van der Waals surface area contributed by atoms with Crippen LogP contribution in [-0.2, 0) is 21.0 Å². The fourth-order valence-electron chi connectivity index (χ4n) is 2.35. The third-order valence-corrected chi connectivity index (χ3v) is 5.36. The van der Waals surface area contributed by atoms with E-state index in [0.717, 1.165) is 24.3 Å². The molecule has 0 unspecified atom stereocenters. The Morgan fingerprint density at radius 1 is 1.15 bits per heavy atom. The largest absolute Gasteiger partial charge is 0.497 e. The van der Waals surface area contributed by atoms with E-state index in [9.17, 15) is 30.8 Å². The molecule has 12 heteroatoms.